The molecular formula is C20H35N3O2. The molecule has 4 atom stereocenters. The maximum Gasteiger partial charge on any atom is 0.133 e. The van der Waals surface area contributed by atoms with Gasteiger partial charge in [-0.15, -0.1) is 0 Å². The Morgan fingerprint density at radius 2 is 1.84 bits per heavy atom. The van der Waals surface area contributed by atoms with E-state index in [-0.39, 0.29) is 35.3 Å². The summed E-state index contributed by atoms with van der Waals surface area (Å²) in [5.74, 6) is 0.902. The number of hydrogen-bond acceptors (Lipinski definition) is 5. The van der Waals surface area contributed by atoms with Crippen molar-refractivity contribution in [2.75, 3.05) is 13.2 Å². The quantitative estimate of drug-likeness (QED) is 0.760. The van der Waals surface area contributed by atoms with Crippen LogP contribution in [0.25, 0.3) is 0 Å². The smallest absolute Gasteiger partial charge is 0.133 e. The molecule has 2 rings (SSSR count). The molecule has 1 aromatic rings. The highest BCUT2D eigenvalue weighted by atomic mass is 16.3. The van der Waals surface area contributed by atoms with Crippen LogP contribution in [0.5, 0.6) is 0 Å². The molecule has 0 aliphatic heterocycles. The summed E-state index contributed by atoms with van der Waals surface area (Å²) < 4.78 is 0. The second-order valence-electron chi connectivity index (χ2n) is 9.69. The van der Waals surface area contributed by atoms with Crippen LogP contribution in [-0.2, 0) is 11.8 Å². The highest BCUT2D eigenvalue weighted by Crippen LogP contribution is 2.35. The fourth-order valence-electron chi connectivity index (χ4n) is 3.53. The van der Waals surface area contributed by atoms with Crippen LogP contribution in [0.3, 0.4) is 0 Å². The molecule has 0 radical (unpaired) electrons. The lowest BCUT2D eigenvalue weighted by molar-refractivity contribution is 0.0715. The monoisotopic (exact) mass is 349 g/mol. The van der Waals surface area contributed by atoms with Gasteiger partial charge in [0.05, 0.1) is 6.10 Å². The van der Waals surface area contributed by atoms with E-state index in [2.05, 4.69) is 51.8 Å². The Morgan fingerprint density at radius 3 is 2.40 bits per heavy atom. The van der Waals surface area contributed by atoms with Crippen LogP contribution < -0.4 is 5.32 Å². The lowest BCUT2D eigenvalue weighted by Crippen LogP contribution is -2.40. The first-order valence-corrected chi connectivity index (χ1v) is 9.36. The van der Waals surface area contributed by atoms with Crippen molar-refractivity contribution >= 4 is 0 Å². The average molecular weight is 350 g/mol. The van der Waals surface area contributed by atoms with Crippen LogP contribution in [0.2, 0.25) is 0 Å². The first-order valence-electron chi connectivity index (χ1n) is 9.36. The zero-order chi connectivity index (χ0) is 18.8. The predicted octanol–water partition coefficient (Wildman–Crippen LogP) is 2.31. The lowest BCUT2D eigenvalue weighted by atomic mass is 9.87. The standard InChI is InChI=1S/C20H35N3O2/c1-19(2,3)12-22-16-10-17(25)15(11-24)14(16)9-13-7-8-21-18(23-13)20(4,5)6/h7-8,14-17,22,24-25H,9-12H2,1-6H3/t14-,15-,16-,17-/m1/s1. The van der Waals surface area contributed by atoms with Gasteiger partial charge in [0.25, 0.3) is 0 Å². The molecule has 0 aromatic carbocycles. The second kappa shape index (κ2) is 7.68. The van der Waals surface area contributed by atoms with Gasteiger partial charge in [-0.1, -0.05) is 41.5 Å². The Balaban J connectivity index is 2.17. The van der Waals surface area contributed by atoms with Gasteiger partial charge in [-0.3, -0.25) is 0 Å². The summed E-state index contributed by atoms with van der Waals surface area (Å²) in [4.78, 5) is 9.14. The van der Waals surface area contributed by atoms with Gasteiger partial charge in [-0.05, 0) is 30.2 Å². The molecule has 5 nitrogen and oxygen atoms in total. The van der Waals surface area contributed by atoms with E-state index < -0.39 is 6.10 Å². The Morgan fingerprint density at radius 1 is 1.16 bits per heavy atom. The summed E-state index contributed by atoms with van der Waals surface area (Å²) in [5, 5.41) is 23.8. The zero-order valence-corrected chi connectivity index (χ0v) is 16.6. The Kier molecular flexibility index (Phi) is 6.23. The van der Waals surface area contributed by atoms with E-state index in [0.29, 0.717) is 6.42 Å². The van der Waals surface area contributed by atoms with Crippen molar-refractivity contribution in [2.24, 2.45) is 17.3 Å². The van der Waals surface area contributed by atoms with Gasteiger partial charge in [-0.2, -0.15) is 0 Å². The largest absolute Gasteiger partial charge is 0.396 e. The van der Waals surface area contributed by atoms with Crippen molar-refractivity contribution in [3.05, 3.63) is 23.8 Å². The molecule has 1 heterocycles. The third-order valence-corrected chi connectivity index (χ3v) is 4.99. The van der Waals surface area contributed by atoms with E-state index in [1.165, 1.54) is 0 Å². The zero-order valence-electron chi connectivity index (χ0n) is 16.6. The number of nitrogens with one attached hydrogen (secondary N) is 1. The molecule has 0 amide bonds. The molecule has 0 unspecified atom stereocenters. The fourth-order valence-corrected chi connectivity index (χ4v) is 3.53. The highest BCUT2D eigenvalue weighted by Gasteiger charge is 2.42. The average Bonchev–Trinajstić information content (AvgIpc) is 2.79. The van der Waals surface area contributed by atoms with Gasteiger partial charge in [0.1, 0.15) is 5.82 Å². The van der Waals surface area contributed by atoms with E-state index in [4.69, 9.17) is 4.98 Å². The summed E-state index contributed by atoms with van der Waals surface area (Å²) in [6.07, 6.45) is 2.79. The Labute approximate surface area is 152 Å². The summed E-state index contributed by atoms with van der Waals surface area (Å²) in [6, 6.07) is 2.15. The molecule has 0 spiro atoms. The summed E-state index contributed by atoms with van der Waals surface area (Å²) in [6.45, 7) is 13.8. The van der Waals surface area contributed by atoms with Gasteiger partial charge >= 0.3 is 0 Å². The van der Waals surface area contributed by atoms with Crippen molar-refractivity contribution in [3.8, 4) is 0 Å². The lowest BCUT2D eigenvalue weighted by Gasteiger charge is -2.28. The maximum atomic E-state index is 10.4. The van der Waals surface area contributed by atoms with Crippen LogP contribution in [0.1, 0.15) is 59.5 Å². The van der Waals surface area contributed by atoms with Gasteiger partial charge in [0.15, 0.2) is 0 Å². The fraction of sp³-hybridized carbons (Fsp3) is 0.800. The molecule has 1 saturated carbocycles. The summed E-state index contributed by atoms with van der Waals surface area (Å²) >= 11 is 0. The normalized spacial score (nSPS) is 27.7. The van der Waals surface area contributed by atoms with E-state index >= 15 is 0 Å². The van der Waals surface area contributed by atoms with Crippen molar-refractivity contribution in [3.63, 3.8) is 0 Å². The molecule has 1 aromatic heterocycles. The predicted molar refractivity (Wildman–Crippen MR) is 100 cm³/mol. The maximum absolute atomic E-state index is 10.4. The van der Waals surface area contributed by atoms with Crippen LogP contribution in [0.15, 0.2) is 12.3 Å². The topological polar surface area (TPSA) is 78.3 Å². The highest BCUT2D eigenvalue weighted by molar-refractivity contribution is 5.11. The van der Waals surface area contributed by atoms with E-state index in [9.17, 15) is 10.2 Å². The van der Waals surface area contributed by atoms with Crippen molar-refractivity contribution in [1.29, 1.82) is 0 Å². The van der Waals surface area contributed by atoms with Gasteiger partial charge in [-0.25, -0.2) is 9.97 Å². The van der Waals surface area contributed by atoms with Crippen LogP contribution >= 0.6 is 0 Å². The number of aromatic nitrogens is 2. The summed E-state index contributed by atoms with van der Waals surface area (Å²) in [7, 11) is 0. The van der Waals surface area contributed by atoms with Gasteiger partial charge in [0, 0.05) is 42.4 Å². The molecule has 142 valence electrons. The molecule has 5 heteroatoms. The Bertz CT molecular complexity index is 563. The van der Waals surface area contributed by atoms with E-state index in [1.54, 1.807) is 0 Å². The molecular weight excluding hydrogens is 314 g/mol. The molecule has 25 heavy (non-hydrogen) atoms. The van der Waals surface area contributed by atoms with E-state index in [0.717, 1.165) is 24.5 Å². The number of nitrogens with zero attached hydrogens (tertiary/aromatic N) is 2. The minimum absolute atomic E-state index is 0.0107. The molecule has 1 aliphatic carbocycles. The molecule has 0 bridgehead atoms. The van der Waals surface area contributed by atoms with Gasteiger partial charge < -0.3 is 15.5 Å². The number of hydrogen-bond donors (Lipinski definition) is 3. The third-order valence-electron chi connectivity index (χ3n) is 4.99. The van der Waals surface area contributed by atoms with Crippen molar-refractivity contribution in [2.45, 2.75) is 71.9 Å². The first-order chi connectivity index (χ1) is 11.5. The van der Waals surface area contributed by atoms with Crippen molar-refractivity contribution in [1.82, 2.24) is 15.3 Å². The minimum atomic E-state index is -0.462. The first kappa shape index (κ1) is 20.3. The van der Waals surface area contributed by atoms with Crippen LogP contribution in [0, 0.1) is 17.3 Å². The van der Waals surface area contributed by atoms with Crippen LogP contribution in [-0.4, -0.2) is 45.5 Å². The molecule has 1 fully saturated rings. The Hall–Kier alpha value is -1.04. The second-order valence-corrected chi connectivity index (χ2v) is 9.69. The number of aliphatic hydroxyl groups excluding tert-OH is 2. The minimum Gasteiger partial charge on any atom is -0.396 e. The molecule has 3 N–H and O–H groups in total. The van der Waals surface area contributed by atoms with E-state index in [1.807, 2.05) is 12.3 Å². The van der Waals surface area contributed by atoms with Crippen molar-refractivity contribution < 1.29 is 10.2 Å². The molecule has 0 saturated heterocycles. The molecule has 1 aliphatic rings. The summed E-state index contributed by atoms with van der Waals surface area (Å²) in [5.41, 5.74) is 1.08. The van der Waals surface area contributed by atoms with Crippen LogP contribution in [0.4, 0.5) is 0 Å². The van der Waals surface area contributed by atoms with Gasteiger partial charge in [0.2, 0.25) is 0 Å². The number of aliphatic hydroxyl groups is 2. The number of rotatable bonds is 5. The third kappa shape index (κ3) is 5.47. The SMILES string of the molecule is CC(C)(C)CN[C@@H]1C[C@@H](O)[C@H](CO)[C@H]1Cc1ccnc(C(C)(C)C)n1.